The van der Waals surface area contributed by atoms with E-state index in [1.54, 1.807) is 59.3 Å². The summed E-state index contributed by atoms with van der Waals surface area (Å²) in [6.07, 6.45) is -1.67. The number of ether oxygens (including phenoxy) is 4. The number of methoxy groups -OCH3 is 3. The van der Waals surface area contributed by atoms with Crippen molar-refractivity contribution in [2.24, 2.45) is 5.41 Å². The number of allylic oxidation sites excluding steroid dienone is 1. The molecule has 2 aliphatic rings. The zero-order chi connectivity index (χ0) is 38.8. The highest BCUT2D eigenvalue weighted by Gasteiger charge is 2.39. The van der Waals surface area contributed by atoms with Gasteiger partial charge in [0.1, 0.15) is 17.3 Å². The number of aromatic nitrogens is 2. The Morgan fingerprint density at radius 3 is 2.13 bits per heavy atom. The summed E-state index contributed by atoms with van der Waals surface area (Å²) in [6, 6.07) is 16.7. The van der Waals surface area contributed by atoms with Crippen molar-refractivity contribution in [3.05, 3.63) is 101 Å². The van der Waals surface area contributed by atoms with Gasteiger partial charge in [0, 0.05) is 44.2 Å². The monoisotopic (exact) mass is 768 g/mol. The molecule has 4 aromatic rings. The number of hydrogen-bond acceptors (Lipinski definition) is 8. The Kier molecular flexibility index (Phi) is 11.1. The van der Waals surface area contributed by atoms with E-state index >= 15 is 13.2 Å². The van der Waals surface area contributed by atoms with E-state index in [4.69, 9.17) is 23.9 Å². The van der Waals surface area contributed by atoms with Gasteiger partial charge in [-0.1, -0.05) is 50.3 Å². The highest BCUT2D eigenvalue weighted by atomic mass is 32.2. The molecule has 1 atom stereocenters. The van der Waals surface area contributed by atoms with Crippen molar-refractivity contribution in [2.45, 2.75) is 57.0 Å². The maximum Gasteiger partial charge on any atom is 0.417 e. The number of benzene rings is 3. The minimum atomic E-state index is -4.95. The normalized spacial score (nSPS) is 17.0. The van der Waals surface area contributed by atoms with Gasteiger partial charge in [-0.2, -0.15) is 17.5 Å². The van der Waals surface area contributed by atoms with Crippen molar-refractivity contribution in [3.63, 3.8) is 0 Å². The molecule has 288 valence electrons. The molecule has 2 aliphatic heterocycles. The van der Waals surface area contributed by atoms with Crippen LogP contribution in [0, 0.1) is 5.41 Å². The summed E-state index contributed by atoms with van der Waals surface area (Å²) in [4.78, 5) is 18.0. The minimum Gasteiger partial charge on any atom is -0.497 e. The standard InChI is InChI=1S/C39H43F3N4O7S/c1-38(2)16-17-46-34(20-30-25-44(18-19-53-30)37(47)52-5)36(43-35(46)22-38)32-15-14-31(21-33(32)39(40,41)42)54(48,49)45(23-26-6-10-28(50-3)11-7-26)24-27-8-12-29(51-4)13-9-27/h6-17,21,30H,18-20,22-25H2,1-5H3/t30-/m0/s1. The lowest BCUT2D eigenvalue weighted by atomic mass is 9.87. The average molecular weight is 769 g/mol. The molecule has 0 bridgehead atoms. The Morgan fingerprint density at radius 1 is 0.963 bits per heavy atom. The average Bonchev–Trinajstić information content (AvgIpc) is 3.49. The van der Waals surface area contributed by atoms with Crippen molar-refractivity contribution >= 4 is 22.3 Å². The molecule has 3 heterocycles. The first-order valence-electron chi connectivity index (χ1n) is 17.3. The zero-order valence-electron chi connectivity index (χ0n) is 30.7. The Balaban J connectivity index is 1.42. The van der Waals surface area contributed by atoms with Gasteiger partial charge in [0.15, 0.2) is 0 Å². The van der Waals surface area contributed by atoms with Gasteiger partial charge in [0.25, 0.3) is 0 Å². The number of hydrogen-bond donors (Lipinski definition) is 0. The van der Waals surface area contributed by atoms with Crippen LogP contribution < -0.4 is 9.47 Å². The molecule has 11 nitrogen and oxygen atoms in total. The molecule has 15 heteroatoms. The number of sulfonamides is 1. The van der Waals surface area contributed by atoms with Crippen LogP contribution in [0.3, 0.4) is 0 Å². The Morgan fingerprint density at radius 2 is 1.57 bits per heavy atom. The summed E-state index contributed by atoms with van der Waals surface area (Å²) in [5.41, 5.74) is 0.0352. The van der Waals surface area contributed by atoms with Gasteiger partial charge in [0.05, 0.1) is 62.4 Å². The molecule has 0 N–H and O–H groups in total. The highest BCUT2D eigenvalue weighted by molar-refractivity contribution is 7.89. The number of rotatable bonds is 11. The number of morpholine rings is 1. The topological polar surface area (TPSA) is 112 Å². The van der Waals surface area contributed by atoms with E-state index in [0.717, 1.165) is 4.31 Å². The van der Waals surface area contributed by atoms with Crippen LogP contribution in [0.1, 0.15) is 42.1 Å². The third-order valence-corrected chi connectivity index (χ3v) is 11.4. The molecule has 6 rings (SSSR count). The van der Waals surface area contributed by atoms with E-state index in [1.807, 2.05) is 19.9 Å². The predicted octanol–water partition coefficient (Wildman–Crippen LogP) is 7.04. The first-order valence-corrected chi connectivity index (χ1v) is 18.8. The van der Waals surface area contributed by atoms with Gasteiger partial charge in [-0.25, -0.2) is 18.2 Å². The van der Waals surface area contributed by atoms with Gasteiger partial charge in [-0.3, -0.25) is 0 Å². The van der Waals surface area contributed by atoms with E-state index in [0.29, 0.717) is 53.2 Å². The van der Waals surface area contributed by atoms with Crippen molar-refractivity contribution < 1.29 is 45.3 Å². The van der Waals surface area contributed by atoms with Crippen LogP contribution >= 0.6 is 0 Å². The van der Waals surface area contributed by atoms with Crippen molar-refractivity contribution in [2.75, 3.05) is 41.0 Å². The number of amides is 1. The lowest BCUT2D eigenvalue weighted by Crippen LogP contribution is -2.46. The number of carbonyl (C=O) groups is 1. The number of halogens is 3. The third kappa shape index (κ3) is 8.43. The lowest BCUT2D eigenvalue weighted by molar-refractivity contribution is -0.137. The summed E-state index contributed by atoms with van der Waals surface area (Å²) in [5.74, 6) is 1.70. The smallest absolute Gasteiger partial charge is 0.417 e. The van der Waals surface area contributed by atoms with Gasteiger partial charge in [0.2, 0.25) is 10.0 Å². The summed E-state index contributed by atoms with van der Waals surface area (Å²) < 4.78 is 98.5. The number of nitrogens with zero attached hydrogens (tertiary/aromatic N) is 4. The van der Waals surface area contributed by atoms with E-state index in [-0.39, 0.29) is 49.3 Å². The molecular weight excluding hydrogens is 726 g/mol. The first kappa shape index (κ1) is 38.9. The molecule has 1 aromatic heterocycles. The van der Waals surface area contributed by atoms with Crippen LogP contribution in [0.15, 0.2) is 77.7 Å². The largest absolute Gasteiger partial charge is 0.497 e. The zero-order valence-corrected chi connectivity index (χ0v) is 31.5. The van der Waals surface area contributed by atoms with Crippen molar-refractivity contribution in [1.82, 2.24) is 18.8 Å². The van der Waals surface area contributed by atoms with Crippen molar-refractivity contribution in [1.29, 1.82) is 0 Å². The third-order valence-electron chi connectivity index (χ3n) is 9.59. The second-order valence-corrected chi connectivity index (χ2v) is 15.9. The fraction of sp³-hybridized carbons (Fsp3) is 0.385. The second kappa shape index (κ2) is 15.5. The number of imidazole rings is 1. The van der Waals surface area contributed by atoms with Gasteiger partial charge in [-0.15, -0.1) is 0 Å². The van der Waals surface area contributed by atoms with Gasteiger partial charge >= 0.3 is 12.3 Å². The molecule has 1 amide bonds. The predicted molar refractivity (Wildman–Crippen MR) is 195 cm³/mol. The molecule has 1 fully saturated rings. The van der Waals surface area contributed by atoms with E-state index in [2.05, 4.69) is 0 Å². The molecule has 3 aromatic carbocycles. The molecule has 0 aliphatic carbocycles. The highest BCUT2D eigenvalue weighted by Crippen LogP contribution is 2.42. The molecule has 0 radical (unpaired) electrons. The van der Waals surface area contributed by atoms with E-state index < -0.39 is 38.9 Å². The van der Waals surface area contributed by atoms with Gasteiger partial charge < -0.3 is 28.4 Å². The maximum atomic E-state index is 15.2. The van der Waals surface area contributed by atoms with Gasteiger partial charge in [-0.05, 0) is 52.9 Å². The van der Waals surface area contributed by atoms with Crippen molar-refractivity contribution in [3.8, 4) is 22.8 Å². The summed E-state index contributed by atoms with van der Waals surface area (Å²) in [7, 11) is -0.205. The fourth-order valence-electron chi connectivity index (χ4n) is 6.69. The molecule has 1 saturated heterocycles. The minimum absolute atomic E-state index is 0.0655. The van der Waals surface area contributed by atoms with Crippen LogP contribution in [0.2, 0.25) is 0 Å². The SMILES string of the molecule is COC(=O)N1CCO[C@@H](Cc2c(-c3ccc(S(=O)(=O)N(Cc4ccc(OC)cc4)Cc4ccc(OC)cc4)cc3C(F)(F)F)nc3n2C=CC(C)(C)C3)C1. The summed E-state index contributed by atoms with van der Waals surface area (Å²) >= 11 is 0. The number of carbonyl (C=O) groups excluding carboxylic acids is 1. The molecule has 0 unspecified atom stereocenters. The van der Waals surface area contributed by atoms with E-state index in [1.165, 1.54) is 38.4 Å². The lowest BCUT2D eigenvalue weighted by Gasteiger charge is -2.32. The quantitative estimate of drug-likeness (QED) is 0.160. The molecule has 54 heavy (non-hydrogen) atoms. The van der Waals surface area contributed by atoms with Crippen LogP contribution in [0.25, 0.3) is 17.5 Å². The van der Waals surface area contributed by atoms with Crippen LogP contribution in [0.4, 0.5) is 18.0 Å². The summed E-state index contributed by atoms with van der Waals surface area (Å²) in [5, 5.41) is 0. The number of alkyl halides is 3. The molecular formula is C39H43F3N4O7S. The van der Waals surface area contributed by atoms with Crippen LogP contribution in [-0.4, -0.2) is 80.4 Å². The maximum absolute atomic E-state index is 15.2. The molecule has 0 saturated carbocycles. The van der Waals surface area contributed by atoms with E-state index in [9.17, 15) is 13.2 Å². The Hall–Kier alpha value is -4.86. The van der Waals surface area contributed by atoms with Crippen LogP contribution in [0.5, 0.6) is 11.5 Å². The number of fused-ring (bicyclic) bond motifs is 1. The van der Waals surface area contributed by atoms with Crippen LogP contribution in [-0.2, 0) is 51.6 Å². The Labute approximate surface area is 313 Å². The first-order chi connectivity index (χ1) is 25.6. The fourth-order valence-corrected chi connectivity index (χ4v) is 8.14. The molecule has 0 spiro atoms. The summed E-state index contributed by atoms with van der Waals surface area (Å²) in [6.45, 7) is 4.48. The second-order valence-electron chi connectivity index (χ2n) is 14.0. The Bertz CT molecular complexity index is 2070.